The van der Waals surface area contributed by atoms with Crippen molar-refractivity contribution in [1.82, 2.24) is 4.90 Å². The number of carbonyl (C=O) groups is 2. The molecule has 0 radical (unpaired) electrons. The van der Waals surface area contributed by atoms with E-state index in [0.29, 0.717) is 30.8 Å². The Balaban J connectivity index is 2.19. The van der Waals surface area contributed by atoms with E-state index in [1.165, 1.54) is 0 Å². The number of ketones is 1. The van der Waals surface area contributed by atoms with Gasteiger partial charge in [-0.05, 0) is 38.0 Å². The first-order valence-corrected chi connectivity index (χ1v) is 7.52. The lowest BCUT2D eigenvalue weighted by Gasteiger charge is -2.48. The molecule has 2 rings (SSSR count). The van der Waals surface area contributed by atoms with Gasteiger partial charge in [-0.25, -0.2) is 4.79 Å². The normalized spacial score (nSPS) is 31.3. The fourth-order valence-corrected chi connectivity index (χ4v) is 3.85. The van der Waals surface area contributed by atoms with Gasteiger partial charge in [0.15, 0.2) is 0 Å². The van der Waals surface area contributed by atoms with E-state index in [-0.39, 0.29) is 18.1 Å². The quantitative estimate of drug-likeness (QED) is 0.773. The Hall–Kier alpha value is -1.06. The van der Waals surface area contributed by atoms with E-state index in [1.807, 2.05) is 11.8 Å². The van der Waals surface area contributed by atoms with Crippen LogP contribution >= 0.6 is 0 Å². The number of carbonyl (C=O) groups excluding carboxylic acids is 2. The first kappa shape index (κ1) is 14.4. The monoisotopic (exact) mass is 267 g/mol. The predicted octanol–water partition coefficient (Wildman–Crippen LogP) is 2.86. The molecule has 0 N–H and O–H groups in total. The van der Waals surface area contributed by atoms with E-state index in [9.17, 15) is 9.59 Å². The summed E-state index contributed by atoms with van der Waals surface area (Å²) in [5.74, 6) is 1.28. The summed E-state index contributed by atoms with van der Waals surface area (Å²) >= 11 is 0. The maximum absolute atomic E-state index is 12.1. The molecule has 1 aliphatic heterocycles. The molecule has 0 bridgehead atoms. The number of likely N-dealkylation sites (tertiary alicyclic amines) is 1. The summed E-state index contributed by atoms with van der Waals surface area (Å²) in [6.07, 6.45) is 3.36. The van der Waals surface area contributed by atoms with Gasteiger partial charge in [0.2, 0.25) is 0 Å². The van der Waals surface area contributed by atoms with Crippen LogP contribution in [0.1, 0.15) is 46.5 Å². The summed E-state index contributed by atoms with van der Waals surface area (Å²) in [6, 6.07) is 0.155. The van der Waals surface area contributed by atoms with Crippen molar-refractivity contribution in [1.29, 1.82) is 0 Å². The Morgan fingerprint density at radius 1 is 1.42 bits per heavy atom. The van der Waals surface area contributed by atoms with Gasteiger partial charge in [-0.2, -0.15) is 0 Å². The zero-order valence-corrected chi connectivity index (χ0v) is 12.2. The largest absolute Gasteiger partial charge is 0.450 e. The minimum Gasteiger partial charge on any atom is -0.450 e. The zero-order valence-electron chi connectivity index (χ0n) is 12.2. The number of hydrogen-bond acceptors (Lipinski definition) is 3. The molecular weight excluding hydrogens is 242 g/mol. The third-order valence-electron chi connectivity index (χ3n) is 4.56. The third-order valence-corrected chi connectivity index (χ3v) is 4.56. The summed E-state index contributed by atoms with van der Waals surface area (Å²) in [5, 5.41) is 0. The van der Waals surface area contributed by atoms with E-state index in [4.69, 9.17) is 4.74 Å². The van der Waals surface area contributed by atoms with Crippen molar-refractivity contribution in [3.8, 4) is 0 Å². The van der Waals surface area contributed by atoms with E-state index in [0.717, 1.165) is 25.7 Å². The zero-order chi connectivity index (χ0) is 14.0. The number of piperidine rings is 1. The fourth-order valence-electron chi connectivity index (χ4n) is 3.85. The van der Waals surface area contributed by atoms with Crippen LogP contribution in [0.2, 0.25) is 0 Å². The number of ether oxygens (including phenoxy) is 1. The van der Waals surface area contributed by atoms with Crippen LogP contribution in [0.5, 0.6) is 0 Å². The van der Waals surface area contributed by atoms with Crippen LogP contribution in [0, 0.1) is 17.8 Å². The number of fused-ring (bicyclic) bond motifs is 1. The van der Waals surface area contributed by atoms with Gasteiger partial charge in [-0.15, -0.1) is 0 Å². The molecule has 0 spiro atoms. The van der Waals surface area contributed by atoms with Crippen LogP contribution < -0.4 is 0 Å². The second-order valence-corrected chi connectivity index (χ2v) is 6.04. The van der Waals surface area contributed by atoms with Gasteiger partial charge in [0.05, 0.1) is 6.61 Å². The minimum absolute atomic E-state index is 0.155. The molecule has 1 heterocycles. The van der Waals surface area contributed by atoms with E-state index >= 15 is 0 Å². The summed E-state index contributed by atoms with van der Waals surface area (Å²) in [7, 11) is 0. The van der Waals surface area contributed by atoms with Gasteiger partial charge in [0.25, 0.3) is 0 Å². The van der Waals surface area contributed by atoms with Crippen molar-refractivity contribution in [2.24, 2.45) is 17.8 Å². The molecule has 1 aliphatic carbocycles. The van der Waals surface area contributed by atoms with E-state index < -0.39 is 0 Å². The summed E-state index contributed by atoms with van der Waals surface area (Å²) in [5.41, 5.74) is 0. The molecule has 2 fully saturated rings. The Morgan fingerprint density at radius 3 is 2.79 bits per heavy atom. The Kier molecular flexibility index (Phi) is 4.48. The topological polar surface area (TPSA) is 46.6 Å². The average molecular weight is 267 g/mol. The van der Waals surface area contributed by atoms with Crippen molar-refractivity contribution in [2.45, 2.75) is 52.5 Å². The van der Waals surface area contributed by atoms with Crippen molar-refractivity contribution in [3.63, 3.8) is 0 Å². The van der Waals surface area contributed by atoms with E-state index in [1.54, 1.807) is 0 Å². The second kappa shape index (κ2) is 5.93. The number of rotatable bonds is 2. The average Bonchev–Trinajstić information content (AvgIpc) is 2.37. The lowest BCUT2D eigenvalue weighted by molar-refractivity contribution is -0.131. The maximum atomic E-state index is 12.1. The second-order valence-electron chi connectivity index (χ2n) is 6.04. The molecular formula is C15H25NO3. The smallest absolute Gasteiger partial charge is 0.410 e. The van der Waals surface area contributed by atoms with Crippen LogP contribution in [-0.4, -0.2) is 36.0 Å². The van der Waals surface area contributed by atoms with Gasteiger partial charge in [0.1, 0.15) is 5.78 Å². The highest BCUT2D eigenvalue weighted by Crippen LogP contribution is 2.40. The SMILES string of the molecule is CCOC(=O)N1CC[C@@H]2C(=O)CCC[C@H]2[C@H]1C(C)C. The molecule has 0 aromatic rings. The van der Waals surface area contributed by atoms with Crippen molar-refractivity contribution in [2.75, 3.05) is 13.2 Å². The van der Waals surface area contributed by atoms with Gasteiger partial charge in [-0.3, -0.25) is 4.79 Å². The van der Waals surface area contributed by atoms with Crippen molar-refractivity contribution < 1.29 is 14.3 Å². The van der Waals surface area contributed by atoms with Crippen LogP contribution in [0.4, 0.5) is 4.79 Å². The molecule has 4 heteroatoms. The summed E-state index contributed by atoms with van der Waals surface area (Å²) in [4.78, 5) is 26.0. The molecule has 1 saturated carbocycles. The highest BCUT2D eigenvalue weighted by atomic mass is 16.6. The predicted molar refractivity (Wildman–Crippen MR) is 72.8 cm³/mol. The molecule has 2 aliphatic rings. The molecule has 1 amide bonds. The molecule has 0 unspecified atom stereocenters. The molecule has 0 aromatic carbocycles. The maximum Gasteiger partial charge on any atom is 0.410 e. The van der Waals surface area contributed by atoms with Gasteiger partial charge >= 0.3 is 6.09 Å². The van der Waals surface area contributed by atoms with Crippen LogP contribution in [0.15, 0.2) is 0 Å². The Bertz CT molecular complexity index is 353. The lowest BCUT2D eigenvalue weighted by Crippen LogP contribution is -2.56. The molecule has 4 nitrogen and oxygen atoms in total. The first-order valence-electron chi connectivity index (χ1n) is 7.52. The van der Waals surface area contributed by atoms with Gasteiger partial charge in [0, 0.05) is 24.9 Å². The van der Waals surface area contributed by atoms with Gasteiger partial charge in [-0.1, -0.05) is 13.8 Å². The Morgan fingerprint density at radius 2 is 2.16 bits per heavy atom. The molecule has 0 aromatic heterocycles. The number of Topliss-reactive ketones (excluding diaryl/α,β-unsaturated/α-hetero) is 1. The standard InChI is InChI=1S/C15H25NO3/c1-4-19-15(18)16-9-8-11-12(14(16)10(2)3)6-5-7-13(11)17/h10-12,14H,4-9H2,1-3H3/t11-,12+,14+/m0/s1. The first-order chi connectivity index (χ1) is 9.06. The lowest BCUT2D eigenvalue weighted by atomic mass is 9.68. The van der Waals surface area contributed by atoms with Crippen LogP contribution in [-0.2, 0) is 9.53 Å². The Labute approximate surface area is 115 Å². The molecule has 19 heavy (non-hydrogen) atoms. The minimum atomic E-state index is -0.210. The fraction of sp³-hybridized carbons (Fsp3) is 0.867. The van der Waals surface area contributed by atoms with Crippen molar-refractivity contribution >= 4 is 11.9 Å². The molecule has 3 atom stereocenters. The van der Waals surface area contributed by atoms with E-state index in [2.05, 4.69) is 13.8 Å². The number of amides is 1. The number of nitrogens with zero attached hydrogens (tertiary/aromatic N) is 1. The highest BCUT2D eigenvalue weighted by molar-refractivity contribution is 5.82. The third kappa shape index (κ3) is 2.77. The summed E-state index contributed by atoms with van der Waals surface area (Å²) in [6.45, 7) is 7.18. The highest BCUT2D eigenvalue weighted by Gasteiger charge is 2.45. The van der Waals surface area contributed by atoms with Gasteiger partial charge < -0.3 is 9.64 Å². The molecule has 108 valence electrons. The van der Waals surface area contributed by atoms with Crippen LogP contribution in [0.3, 0.4) is 0 Å². The van der Waals surface area contributed by atoms with Crippen LogP contribution in [0.25, 0.3) is 0 Å². The van der Waals surface area contributed by atoms with Crippen molar-refractivity contribution in [3.05, 3.63) is 0 Å². The summed E-state index contributed by atoms with van der Waals surface area (Å²) < 4.78 is 5.17. The number of hydrogen-bond donors (Lipinski definition) is 0. The molecule has 1 saturated heterocycles.